The Morgan fingerprint density at radius 1 is 1.11 bits per heavy atom. The Bertz CT molecular complexity index is 641. The van der Waals surface area contributed by atoms with Crippen molar-refractivity contribution in [1.29, 1.82) is 0 Å². The number of halogens is 3. The van der Waals surface area contributed by atoms with E-state index in [2.05, 4.69) is 31.9 Å². The Morgan fingerprint density at radius 2 is 1.84 bits per heavy atom. The number of ketones is 1. The predicted octanol–water partition coefficient (Wildman–Crippen LogP) is 4.59. The minimum atomic E-state index is -0.398. The van der Waals surface area contributed by atoms with E-state index < -0.39 is 5.82 Å². The second-order valence-corrected chi connectivity index (χ2v) is 5.51. The molecule has 0 bridgehead atoms. The van der Waals surface area contributed by atoms with Gasteiger partial charge in [0.25, 0.3) is 0 Å². The molecule has 0 radical (unpaired) electrons. The lowest BCUT2D eigenvalue weighted by Crippen LogP contribution is -2.03. The zero-order valence-electron chi connectivity index (χ0n) is 9.91. The van der Waals surface area contributed by atoms with Crippen LogP contribution in [0.5, 0.6) is 5.75 Å². The van der Waals surface area contributed by atoms with Gasteiger partial charge < -0.3 is 4.74 Å². The van der Waals surface area contributed by atoms with Gasteiger partial charge in [0, 0.05) is 15.6 Å². The van der Waals surface area contributed by atoms with Crippen molar-refractivity contribution < 1.29 is 13.9 Å². The van der Waals surface area contributed by atoms with Gasteiger partial charge >= 0.3 is 0 Å². The van der Waals surface area contributed by atoms with Crippen LogP contribution in [0.15, 0.2) is 45.3 Å². The first-order chi connectivity index (χ1) is 9.02. The van der Waals surface area contributed by atoms with Crippen LogP contribution in [0.1, 0.15) is 15.9 Å². The molecule has 0 atom stereocenters. The van der Waals surface area contributed by atoms with Crippen LogP contribution in [0.2, 0.25) is 0 Å². The van der Waals surface area contributed by atoms with E-state index in [1.807, 2.05) is 0 Å². The number of carbonyl (C=O) groups excluding carboxylic acids is 1. The average Bonchev–Trinajstić information content (AvgIpc) is 2.41. The summed E-state index contributed by atoms with van der Waals surface area (Å²) in [5.74, 6) is 0.0734. The third-order valence-electron chi connectivity index (χ3n) is 2.60. The highest BCUT2D eigenvalue weighted by molar-refractivity contribution is 9.10. The fourth-order valence-corrected chi connectivity index (χ4v) is 2.52. The molecule has 2 rings (SSSR count). The summed E-state index contributed by atoms with van der Waals surface area (Å²) in [5, 5.41) is 0. The molecular weight excluding hydrogens is 379 g/mol. The van der Waals surface area contributed by atoms with E-state index in [1.54, 1.807) is 25.3 Å². The van der Waals surface area contributed by atoms with Gasteiger partial charge in [-0.1, -0.05) is 0 Å². The van der Waals surface area contributed by atoms with Crippen LogP contribution in [0.4, 0.5) is 4.39 Å². The molecule has 19 heavy (non-hydrogen) atoms. The fourth-order valence-electron chi connectivity index (χ4n) is 1.60. The van der Waals surface area contributed by atoms with Gasteiger partial charge in [0.1, 0.15) is 11.6 Å². The van der Waals surface area contributed by atoms with E-state index in [0.29, 0.717) is 21.3 Å². The second kappa shape index (κ2) is 5.84. The maximum atomic E-state index is 13.2. The first kappa shape index (κ1) is 14.2. The molecule has 2 aromatic rings. The first-order valence-corrected chi connectivity index (χ1v) is 6.95. The van der Waals surface area contributed by atoms with E-state index in [1.165, 1.54) is 18.2 Å². The van der Waals surface area contributed by atoms with E-state index in [-0.39, 0.29) is 10.3 Å². The van der Waals surface area contributed by atoms with Crippen molar-refractivity contribution in [2.24, 2.45) is 0 Å². The molecule has 0 amide bonds. The molecule has 0 N–H and O–H groups in total. The van der Waals surface area contributed by atoms with Crippen LogP contribution >= 0.6 is 31.9 Å². The fraction of sp³-hybridized carbons (Fsp3) is 0.0714. The van der Waals surface area contributed by atoms with Crippen molar-refractivity contribution in [3.8, 4) is 5.75 Å². The molecule has 0 spiro atoms. The van der Waals surface area contributed by atoms with Crippen LogP contribution < -0.4 is 4.74 Å². The molecule has 0 heterocycles. The van der Waals surface area contributed by atoms with Crippen molar-refractivity contribution in [2.75, 3.05) is 7.11 Å². The number of methoxy groups -OCH3 is 1. The molecule has 0 saturated carbocycles. The van der Waals surface area contributed by atoms with E-state index in [4.69, 9.17) is 4.74 Å². The summed E-state index contributed by atoms with van der Waals surface area (Å²) >= 11 is 6.40. The quantitative estimate of drug-likeness (QED) is 0.720. The Kier molecular flexibility index (Phi) is 4.37. The lowest BCUT2D eigenvalue weighted by molar-refractivity contribution is 0.103. The minimum absolute atomic E-state index is 0.185. The van der Waals surface area contributed by atoms with Crippen molar-refractivity contribution in [1.82, 2.24) is 0 Å². The summed E-state index contributed by atoms with van der Waals surface area (Å²) in [6, 6.07) is 9.27. The number of ether oxygens (including phenoxy) is 1. The molecule has 0 aliphatic rings. The maximum absolute atomic E-state index is 13.2. The summed E-state index contributed by atoms with van der Waals surface area (Å²) in [7, 11) is 1.56. The number of hydrogen-bond donors (Lipinski definition) is 0. The minimum Gasteiger partial charge on any atom is -0.497 e. The normalized spacial score (nSPS) is 10.3. The first-order valence-electron chi connectivity index (χ1n) is 5.36. The molecule has 0 fully saturated rings. The molecule has 5 heteroatoms. The van der Waals surface area contributed by atoms with Gasteiger partial charge in [-0.25, -0.2) is 4.39 Å². The van der Waals surface area contributed by atoms with Crippen molar-refractivity contribution >= 4 is 37.6 Å². The highest BCUT2D eigenvalue weighted by Gasteiger charge is 2.14. The summed E-state index contributed by atoms with van der Waals surface area (Å²) in [5.41, 5.74) is 0.915. The van der Waals surface area contributed by atoms with Gasteiger partial charge in [0.05, 0.1) is 11.6 Å². The number of hydrogen-bond acceptors (Lipinski definition) is 2. The van der Waals surface area contributed by atoms with Crippen LogP contribution in [0, 0.1) is 5.82 Å². The zero-order chi connectivity index (χ0) is 14.0. The van der Waals surface area contributed by atoms with Crippen molar-refractivity contribution in [3.63, 3.8) is 0 Å². The van der Waals surface area contributed by atoms with Gasteiger partial charge in [0.15, 0.2) is 5.78 Å². The third kappa shape index (κ3) is 3.04. The van der Waals surface area contributed by atoms with Crippen molar-refractivity contribution in [3.05, 3.63) is 62.3 Å². The largest absolute Gasteiger partial charge is 0.497 e. The standard InChI is InChI=1S/C14H9Br2FO2/c1-19-9-3-4-10(11(15)7-9)14(18)8-2-5-13(17)12(16)6-8/h2-7H,1H3. The summed E-state index contributed by atoms with van der Waals surface area (Å²) in [4.78, 5) is 12.3. The predicted molar refractivity (Wildman–Crippen MR) is 78.2 cm³/mol. The second-order valence-electron chi connectivity index (χ2n) is 3.80. The summed E-state index contributed by atoms with van der Waals surface area (Å²) < 4.78 is 19.1. The maximum Gasteiger partial charge on any atom is 0.194 e. The van der Waals surface area contributed by atoms with Gasteiger partial charge in [0.2, 0.25) is 0 Å². The molecule has 0 aliphatic carbocycles. The average molecular weight is 388 g/mol. The zero-order valence-corrected chi connectivity index (χ0v) is 13.1. The molecule has 0 aromatic heterocycles. The Labute approximate surface area is 126 Å². The Hall–Kier alpha value is -1.20. The highest BCUT2D eigenvalue weighted by Crippen LogP contribution is 2.26. The SMILES string of the molecule is COc1ccc(C(=O)c2ccc(F)c(Br)c2)c(Br)c1. The highest BCUT2D eigenvalue weighted by atomic mass is 79.9. The van der Waals surface area contributed by atoms with E-state index in [0.717, 1.165) is 0 Å². The Morgan fingerprint density at radius 3 is 2.42 bits per heavy atom. The topological polar surface area (TPSA) is 26.3 Å². The molecule has 0 aliphatic heterocycles. The lowest BCUT2D eigenvalue weighted by atomic mass is 10.0. The van der Waals surface area contributed by atoms with E-state index >= 15 is 0 Å². The number of carbonyl (C=O) groups is 1. The van der Waals surface area contributed by atoms with E-state index in [9.17, 15) is 9.18 Å². The molecule has 2 aromatic carbocycles. The summed E-state index contributed by atoms with van der Waals surface area (Å²) in [6.45, 7) is 0. The number of benzene rings is 2. The lowest BCUT2D eigenvalue weighted by Gasteiger charge is -2.07. The van der Waals surface area contributed by atoms with Crippen LogP contribution in [-0.2, 0) is 0 Å². The molecule has 0 saturated heterocycles. The third-order valence-corrected chi connectivity index (χ3v) is 3.87. The molecule has 2 nitrogen and oxygen atoms in total. The molecule has 98 valence electrons. The van der Waals surface area contributed by atoms with Gasteiger partial charge in [-0.3, -0.25) is 4.79 Å². The van der Waals surface area contributed by atoms with Crippen LogP contribution in [0.25, 0.3) is 0 Å². The summed E-state index contributed by atoms with van der Waals surface area (Å²) in [6.07, 6.45) is 0. The monoisotopic (exact) mass is 386 g/mol. The Balaban J connectivity index is 2.41. The number of rotatable bonds is 3. The van der Waals surface area contributed by atoms with Crippen LogP contribution in [0.3, 0.4) is 0 Å². The van der Waals surface area contributed by atoms with Crippen LogP contribution in [-0.4, -0.2) is 12.9 Å². The van der Waals surface area contributed by atoms with Gasteiger partial charge in [-0.15, -0.1) is 0 Å². The molecule has 0 unspecified atom stereocenters. The molecular formula is C14H9Br2FO2. The van der Waals surface area contributed by atoms with Crippen molar-refractivity contribution in [2.45, 2.75) is 0 Å². The smallest absolute Gasteiger partial charge is 0.194 e. The van der Waals surface area contributed by atoms with Gasteiger partial charge in [-0.2, -0.15) is 0 Å². The van der Waals surface area contributed by atoms with Gasteiger partial charge in [-0.05, 0) is 68.3 Å².